The summed E-state index contributed by atoms with van der Waals surface area (Å²) >= 11 is 0. The topological polar surface area (TPSA) is 38.1 Å². The fraction of sp³-hybridized carbons (Fsp3) is 0.636. The third-order valence-electron chi connectivity index (χ3n) is 2.52. The van der Waals surface area contributed by atoms with Gasteiger partial charge in [0.15, 0.2) is 0 Å². The lowest BCUT2D eigenvalue weighted by Gasteiger charge is -2.17. The van der Waals surface area contributed by atoms with E-state index in [1.165, 1.54) is 4.68 Å². The maximum absolute atomic E-state index is 11.4. The third kappa shape index (κ3) is 3.47. The van der Waals surface area contributed by atoms with Crippen LogP contribution in [0, 0.1) is 6.92 Å². The average molecular weight is 209 g/mol. The summed E-state index contributed by atoms with van der Waals surface area (Å²) in [6.45, 7) is 9.71. The van der Waals surface area contributed by atoms with Crippen LogP contribution >= 0.6 is 0 Å². The highest BCUT2D eigenvalue weighted by atomic mass is 16.1. The first kappa shape index (κ1) is 11.9. The molecule has 0 bridgehead atoms. The molecule has 15 heavy (non-hydrogen) atoms. The summed E-state index contributed by atoms with van der Waals surface area (Å²) in [7, 11) is 0. The molecule has 0 aliphatic rings. The number of nitrogens with zero attached hydrogens (tertiary/aromatic N) is 3. The third-order valence-corrected chi connectivity index (χ3v) is 2.52. The molecule has 4 heteroatoms. The van der Waals surface area contributed by atoms with E-state index >= 15 is 0 Å². The summed E-state index contributed by atoms with van der Waals surface area (Å²) in [5.41, 5.74) is 0.863. The molecule has 0 radical (unpaired) electrons. The number of rotatable bonds is 5. The molecule has 84 valence electrons. The molecule has 4 nitrogen and oxygen atoms in total. The van der Waals surface area contributed by atoms with E-state index in [2.05, 4.69) is 23.8 Å². The maximum Gasteiger partial charge on any atom is 0.266 e. The highest BCUT2D eigenvalue weighted by Crippen LogP contribution is 1.90. The van der Waals surface area contributed by atoms with Gasteiger partial charge in [-0.25, -0.2) is 4.68 Å². The van der Waals surface area contributed by atoms with Crippen molar-refractivity contribution >= 4 is 0 Å². The van der Waals surface area contributed by atoms with Crippen molar-refractivity contribution in [3.8, 4) is 0 Å². The first-order valence-corrected chi connectivity index (χ1v) is 5.44. The number of hydrogen-bond donors (Lipinski definition) is 0. The van der Waals surface area contributed by atoms with Crippen LogP contribution in [-0.4, -0.2) is 34.3 Å². The Morgan fingerprint density at radius 2 is 2.00 bits per heavy atom. The number of hydrogen-bond acceptors (Lipinski definition) is 3. The van der Waals surface area contributed by atoms with Crippen molar-refractivity contribution < 1.29 is 0 Å². The molecular weight excluding hydrogens is 190 g/mol. The van der Waals surface area contributed by atoms with E-state index in [0.29, 0.717) is 6.54 Å². The second kappa shape index (κ2) is 5.66. The lowest BCUT2D eigenvalue weighted by Crippen LogP contribution is -2.32. The summed E-state index contributed by atoms with van der Waals surface area (Å²) < 4.78 is 1.54. The Labute approximate surface area is 90.5 Å². The van der Waals surface area contributed by atoms with E-state index in [9.17, 15) is 4.79 Å². The summed E-state index contributed by atoms with van der Waals surface area (Å²) in [4.78, 5) is 13.7. The van der Waals surface area contributed by atoms with E-state index in [0.717, 1.165) is 25.3 Å². The van der Waals surface area contributed by atoms with Crippen molar-refractivity contribution in [1.29, 1.82) is 0 Å². The molecule has 0 unspecified atom stereocenters. The quantitative estimate of drug-likeness (QED) is 0.723. The Kier molecular flexibility index (Phi) is 4.49. The average Bonchev–Trinajstić information content (AvgIpc) is 2.24. The van der Waals surface area contributed by atoms with E-state index < -0.39 is 0 Å². The Bertz CT molecular complexity index is 355. The highest BCUT2D eigenvalue weighted by Gasteiger charge is 2.01. The number of aromatic nitrogens is 2. The van der Waals surface area contributed by atoms with Gasteiger partial charge >= 0.3 is 0 Å². The Hall–Kier alpha value is -1.16. The van der Waals surface area contributed by atoms with Crippen molar-refractivity contribution in [2.24, 2.45) is 0 Å². The van der Waals surface area contributed by atoms with Gasteiger partial charge in [0.1, 0.15) is 0 Å². The van der Waals surface area contributed by atoms with Gasteiger partial charge in [0.2, 0.25) is 0 Å². The van der Waals surface area contributed by atoms with Gasteiger partial charge < -0.3 is 4.90 Å². The molecule has 0 saturated heterocycles. The van der Waals surface area contributed by atoms with Crippen molar-refractivity contribution in [3.05, 3.63) is 28.2 Å². The molecule has 1 rings (SSSR count). The standard InChI is InChI=1S/C11H19N3O/c1-4-13(5-2)8-9-14-11(15)7-6-10(3)12-14/h6-7H,4-5,8-9H2,1-3H3. The molecule has 0 fully saturated rings. The van der Waals surface area contributed by atoms with Crippen LogP contribution in [0.3, 0.4) is 0 Å². The van der Waals surface area contributed by atoms with Crippen LogP contribution in [0.25, 0.3) is 0 Å². The van der Waals surface area contributed by atoms with Crippen molar-refractivity contribution in [2.75, 3.05) is 19.6 Å². The highest BCUT2D eigenvalue weighted by molar-refractivity contribution is 4.96. The van der Waals surface area contributed by atoms with E-state index in [1.807, 2.05) is 6.92 Å². The van der Waals surface area contributed by atoms with Crippen molar-refractivity contribution in [3.63, 3.8) is 0 Å². The van der Waals surface area contributed by atoms with Crippen molar-refractivity contribution in [1.82, 2.24) is 14.7 Å². The van der Waals surface area contributed by atoms with Crippen molar-refractivity contribution in [2.45, 2.75) is 27.3 Å². The zero-order valence-electron chi connectivity index (χ0n) is 9.73. The fourth-order valence-corrected chi connectivity index (χ4v) is 1.49. The fourth-order valence-electron chi connectivity index (χ4n) is 1.49. The SMILES string of the molecule is CCN(CC)CCn1nc(C)ccc1=O. The van der Waals surface area contributed by atoms with Crippen LogP contribution in [0.15, 0.2) is 16.9 Å². The lowest BCUT2D eigenvalue weighted by molar-refractivity contribution is 0.282. The Balaban J connectivity index is 2.64. The van der Waals surface area contributed by atoms with Gasteiger partial charge in [-0.05, 0) is 26.1 Å². The minimum atomic E-state index is -0.0206. The van der Waals surface area contributed by atoms with Crippen LogP contribution in [-0.2, 0) is 6.54 Å². The van der Waals surface area contributed by atoms with Gasteiger partial charge in [-0.15, -0.1) is 0 Å². The molecular formula is C11H19N3O. The summed E-state index contributed by atoms with van der Waals surface area (Å²) in [5.74, 6) is 0. The Morgan fingerprint density at radius 3 is 2.60 bits per heavy atom. The van der Waals surface area contributed by atoms with Crippen LogP contribution < -0.4 is 5.56 Å². The molecule has 1 aromatic heterocycles. The summed E-state index contributed by atoms with van der Waals surface area (Å²) in [6, 6.07) is 3.32. The van der Waals surface area contributed by atoms with Gasteiger partial charge in [0.25, 0.3) is 5.56 Å². The molecule has 0 atom stereocenters. The lowest BCUT2D eigenvalue weighted by atomic mass is 10.4. The summed E-state index contributed by atoms with van der Waals surface area (Å²) in [5, 5.41) is 4.19. The van der Waals surface area contributed by atoms with Crippen LogP contribution in [0.2, 0.25) is 0 Å². The zero-order chi connectivity index (χ0) is 11.3. The van der Waals surface area contributed by atoms with Gasteiger partial charge in [-0.2, -0.15) is 5.10 Å². The van der Waals surface area contributed by atoms with Gasteiger partial charge in [0, 0.05) is 12.6 Å². The maximum atomic E-state index is 11.4. The smallest absolute Gasteiger partial charge is 0.266 e. The van der Waals surface area contributed by atoms with Crippen LogP contribution in [0.4, 0.5) is 0 Å². The molecule has 0 aromatic carbocycles. The van der Waals surface area contributed by atoms with Gasteiger partial charge in [-0.3, -0.25) is 4.79 Å². The largest absolute Gasteiger partial charge is 0.302 e. The molecule has 1 heterocycles. The van der Waals surface area contributed by atoms with Gasteiger partial charge in [0.05, 0.1) is 12.2 Å². The predicted octanol–water partition coefficient (Wildman–Crippen LogP) is 0.894. The van der Waals surface area contributed by atoms with Crippen LogP contribution in [0.1, 0.15) is 19.5 Å². The molecule has 0 aliphatic heterocycles. The predicted molar refractivity (Wildman–Crippen MR) is 61.0 cm³/mol. The normalized spacial score (nSPS) is 10.9. The molecule has 0 amide bonds. The first-order chi connectivity index (χ1) is 7.17. The molecule has 0 aliphatic carbocycles. The van der Waals surface area contributed by atoms with E-state index in [4.69, 9.17) is 0 Å². The molecule has 1 aromatic rings. The summed E-state index contributed by atoms with van der Waals surface area (Å²) in [6.07, 6.45) is 0. The van der Waals surface area contributed by atoms with E-state index in [-0.39, 0.29) is 5.56 Å². The zero-order valence-corrected chi connectivity index (χ0v) is 9.73. The van der Waals surface area contributed by atoms with Crippen LogP contribution in [0.5, 0.6) is 0 Å². The molecule has 0 spiro atoms. The minimum Gasteiger partial charge on any atom is -0.302 e. The Morgan fingerprint density at radius 1 is 1.33 bits per heavy atom. The second-order valence-electron chi connectivity index (χ2n) is 3.56. The number of aryl methyl sites for hydroxylation is 1. The van der Waals surface area contributed by atoms with Gasteiger partial charge in [-0.1, -0.05) is 13.8 Å². The molecule has 0 N–H and O–H groups in total. The molecule has 0 saturated carbocycles. The number of likely N-dealkylation sites (N-methyl/N-ethyl adjacent to an activating group) is 1. The monoisotopic (exact) mass is 209 g/mol. The first-order valence-electron chi connectivity index (χ1n) is 5.44. The minimum absolute atomic E-state index is 0.0206. The second-order valence-corrected chi connectivity index (χ2v) is 3.56. The van der Waals surface area contributed by atoms with E-state index in [1.54, 1.807) is 12.1 Å².